The Morgan fingerprint density at radius 1 is 1.35 bits per heavy atom. The van der Waals surface area contributed by atoms with Crippen molar-refractivity contribution in [2.24, 2.45) is 0 Å². The van der Waals surface area contributed by atoms with Gasteiger partial charge >= 0.3 is 0 Å². The van der Waals surface area contributed by atoms with Crippen LogP contribution in [0.25, 0.3) is 16.7 Å². The molecule has 102 valence electrons. The third kappa shape index (κ3) is 1.98. The van der Waals surface area contributed by atoms with Crippen molar-refractivity contribution < 1.29 is 4.39 Å². The molecule has 2 aromatic carbocycles. The minimum atomic E-state index is -0.507. The van der Waals surface area contributed by atoms with Gasteiger partial charge in [0.15, 0.2) is 0 Å². The van der Waals surface area contributed by atoms with E-state index in [-0.39, 0.29) is 11.0 Å². The summed E-state index contributed by atoms with van der Waals surface area (Å²) in [7, 11) is 0. The van der Waals surface area contributed by atoms with Crippen LogP contribution in [0.3, 0.4) is 0 Å². The van der Waals surface area contributed by atoms with Gasteiger partial charge in [-0.05, 0) is 40.5 Å². The van der Waals surface area contributed by atoms with Crippen molar-refractivity contribution in [1.82, 2.24) is 9.55 Å². The van der Waals surface area contributed by atoms with Crippen LogP contribution in [0.5, 0.6) is 0 Å². The quantitative estimate of drug-likeness (QED) is 0.700. The van der Waals surface area contributed by atoms with E-state index in [2.05, 4.69) is 20.9 Å². The molecule has 6 heteroatoms. The Morgan fingerprint density at radius 3 is 2.85 bits per heavy atom. The van der Waals surface area contributed by atoms with Gasteiger partial charge in [0, 0.05) is 10.5 Å². The van der Waals surface area contributed by atoms with Crippen molar-refractivity contribution in [3.05, 3.63) is 51.2 Å². The standard InChI is InChI=1S/C14H10BrClFN3/c1-7-3-2-4-11(13(7)15)20-12-5-8(16)9(17)6-10(12)19-14(20)18/h2-6H,1H3,(H2,18,19). The van der Waals surface area contributed by atoms with Crippen LogP contribution in [-0.2, 0) is 0 Å². The molecule has 0 aliphatic heterocycles. The van der Waals surface area contributed by atoms with Crippen molar-refractivity contribution in [3.63, 3.8) is 0 Å². The van der Waals surface area contributed by atoms with Gasteiger partial charge in [-0.3, -0.25) is 4.57 Å². The predicted octanol–water partition coefficient (Wildman–Crippen LogP) is 4.47. The molecule has 3 rings (SSSR count). The molecule has 3 nitrogen and oxygen atoms in total. The van der Waals surface area contributed by atoms with Crippen LogP contribution in [0, 0.1) is 12.7 Å². The van der Waals surface area contributed by atoms with Crippen LogP contribution in [0.15, 0.2) is 34.8 Å². The van der Waals surface area contributed by atoms with E-state index in [1.54, 1.807) is 4.57 Å². The molecule has 0 unspecified atom stereocenters. The summed E-state index contributed by atoms with van der Waals surface area (Å²) in [6.07, 6.45) is 0. The number of fused-ring (bicyclic) bond motifs is 1. The summed E-state index contributed by atoms with van der Waals surface area (Å²) in [5.74, 6) is -0.222. The van der Waals surface area contributed by atoms with E-state index in [4.69, 9.17) is 17.3 Å². The SMILES string of the molecule is Cc1cccc(-n2c(N)nc3cc(F)c(Cl)cc32)c1Br. The number of imidazole rings is 1. The lowest BCUT2D eigenvalue weighted by Crippen LogP contribution is -2.02. The minimum absolute atomic E-state index is 0.0439. The van der Waals surface area contributed by atoms with Gasteiger partial charge in [0.2, 0.25) is 5.95 Å². The summed E-state index contributed by atoms with van der Waals surface area (Å²) in [5, 5.41) is 0.0439. The third-order valence-corrected chi connectivity index (χ3v) is 4.46. The smallest absolute Gasteiger partial charge is 0.205 e. The molecule has 0 saturated carbocycles. The summed E-state index contributed by atoms with van der Waals surface area (Å²) in [5.41, 5.74) is 9.01. The van der Waals surface area contributed by atoms with Crippen molar-refractivity contribution in [2.75, 3.05) is 5.73 Å². The molecule has 0 radical (unpaired) electrons. The third-order valence-electron chi connectivity index (χ3n) is 3.13. The number of nitrogens with two attached hydrogens (primary N) is 1. The molecule has 0 bridgehead atoms. The lowest BCUT2D eigenvalue weighted by Gasteiger charge is -2.11. The van der Waals surface area contributed by atoms with E-state index in [1.807, 2.05) is 25.1 Å². The monoisotopic (exact) mass is 353 g/mol. The van der Waals surface area contributed by atoms with E-state index >= 15 is 0 Å². The molecule has 3 aromatic rings. The second kappa shape index (κ2) is 4.75. The highest BCUT2D eigenvalue weighted by Gasteiger charge is 2.15. The second-order valence-electron chi connectivity index (χ2n) is 4.47. The van der Waals surface area contributed by atoms with Crippen LogP contribution < -0.4 is 5.73 Å². The normalized spacial score (nSPS) is 11.2. The Kier molecular flexibility index (Phi) is 3.18. The largest absolute Gasteiger partial charge is 0.369 e. The topological polar surface area (TPSA) is 43.8 Å². The average Bonchev–Trinajstić information content (AvgIpc) is 2.69. The molecular weight excluding hydrogens is 345 g/mol. The zero-order valence-electron chi connectivity index (χ0n) is 10.5. The van der Waals surface area contributed by atoms with Crippen molar-refractivity contribution in [3.8, 4) is 5.69 Å². The Bertz CT molecular complexity index is 829. The summed E-state index contributed by atoms with van der Waals surface area (Å²) >= 11 is 9.40. The van der Waals surface area contributed by atoms with Gasteiger partial charge in [0.25, 0.3) is 0 Å². The molecule has 0 amide bonds. The van der Waals surface area contributed by atoms with E-state index in [1.165, 1.54) is 12.1 Å². The Hall–Kier alpha value is -1.59. The highest BCUT2D eigenvalue weighted by atomic mass is 79.9. The summed E-state index contributed by atoms with van der Waals surface area (Å²) in [4.78, 5) is 4.18. The molecule has 0 aliphatic carbocycles. The number of aryl methyl sites for hydroxylation is 1. The zero-order chi connectivity index (χ0) is 14.4. The first-order valence-corrected chi connectivity index (χ1v) is 7.04. The first-order chi connectivity index (χ1) is 9.49. The first-order valence-electron chi connectivity index (χ1n) is 5.87. The van der Waals surface area contributed by atoms with Crippen LogP contribution >= 0.6 is 27.5 Å². The highest BCUT2D eigenvalue weighted by molar-refractivity contribution is 9.10. The molecule has 1 heterocycles. The second-order valence-corrected chi connectivity index (χ2v) is 5.67. The van der Waals surface area contributed by atoms with Crippen molar-refractivity contribution in [2.45, 2.75) is 6.92 Å². The maximum absolute atomic E-state index is 13.5. The molecule has 1 aromatic heterocycles. The minimum Gasteiger partial charge on any atom is -0.369 e. The molecule has 0 fully saturated rings. The van der Waals surface area contributed by atoms with Gasteiger partial charge in [-0.2, -0.15) is 0 Å². The summed E-state index contributed by atoms with van der Waals surface area (Å²) in [6.45, 7) is 1.98. The van der Waals surface area contributed by atoms with E-state index in [0.717, 1.165) is 15.7 Å². The number of hydrogen-bond acceptors (Lipinski definition) is 2. The van der Waals surface area contributed by atoms with Crippen LogP contribution in [0.4, 0.5) is 10.3 Å². The first kappa shape index (κ1) is 13.4. The summed E-state index contributed by atoms with van der Waals surface area (Å²) < 4.78 is 16.2. The molecule has 0 saturated heterocycles. The van der Waals surface area contributed by atoms with Gasteiger partial charge in [0.1, 0.15) is 5.82 Å². The molecular formula is C14H10BrClFN3. The highest BCUT2D eigenvalue weighted by Crippen LogP contribution is 2.32. The predicted molar refractivity (Wildman–Crippen MR) is 82.9 cm³/mol. The van der Waals surface area contributed by atoms with E-state index < -0.39 is 5.82 Å². The number of halogens is 3. The number of aromatic nitrogens is 2. The lowest BCUT2D eigenvalue weighted by atomic mass is 10.2. The van der Waals surface area contributed by atoms with Crippen LogP contribution in [-0.4, -0.2) is 9.55 Å². The molecule has 0 atom stereocenters. The van der Waals surface area contributed by atoms with Gasteiger partial charge in [-0.15, -0.1) is 0 Å². The fourth-order valence-electron chi connectivity index (χ4n) is 2.15. The fraction of sp³-hybridized carbons (Fsp3) is 0.0714. The fourth-order valence-corrected chi connectivity index (χ4v) is 2.75. The van der Waals surface area contributed by atoms with E-state index in [0.29, 0.717) is 11.0 Å². The summed E-state index contributed by atoms with van der Waals surface area (Å²) in [6, 6.07) is 8.63. The maximum Gasteiger partial charge on any atom is 0.205 e. The Balaban J connectivity index is 2.39. The zero-order valence-corrected chi connectivity index (χ0v) is 12.8. The van der Waals surface area contributed by atoms with E-state index in [9.17, 15) is 4.39 Å². The van der Waals surface area contributed by atoms with Crippen LogP contribution in [0.2, 0.25) is 5.02 Å². The Labute approximate surface area is 128 Å². The molecule has 0 aliphatic rings. The number of hydrogen-bond donors (Lipinski definition) is 1. The van der Waals surface area contributed by atoms with Gasteiger partial charge < -0.3 is 5.73 Å². The lowest BCUT2D eigenvalue weighted by molar-refractivity contribution is 0.630. The maximum atomic E-state index is 13.5. The Morgan fingerprint density at radius 2 is 2.10 bits per heavy atom. The number of nitrogens with zero attached hydrogens (tertiary/aromatic N) is 2. The van der Waals surface area contributed by atoms with Gasteiger partial charge in [-0.1, -0.05) is 23.7 Å². The van der Waals surface area contributed by atoms with Gasteiger partial charge in [0.05, 0.1) is 21.7 Å². The average molecular weight is 355 g/mol. The number of benzene rings is 2. The molecule has 0 spiro atoms. The van der Waals surface area contributed by atoms with Gasteiger partial charge in [-0.25, -0.2) is 9.37 Å². The number of rotatable bonds is 1. The van der Waals surface area contributed by atoms with Crippen molar-refractivity contribution >= 4 is 44.5 Å². The molecule has 2 N–H and O–H groups in total. The van der Waals surface area contributed by atoms with Crippen LogP contribution in [0.1, 0.15) is 5.56 Å². The molecule has 20 heavy (non-hydrogen) atoms. The van der Waals surface area contributed by atoms with Crippen molar-refractivity contribution in [1.29, 1.82) is 0 Å². The number of anilines is 1. The number of nitrogen functional groups attached to an aromatic ring is 1.